The molecule has 0 radical (unpaired) electrons. The third-order valence-electron chi connectivity index (χ3n) is 4.74. The van der Waals surface area contributed by atoms with E-state index in [1.54, 1.807) is 62.0 Å². The Hall–Kier alpha value is -4.08. The summed E-state index contributed by atoms with van der Waals surface area (Å²) in [5.74, 6) is 6.70. The predicted molar refractivity (Wildman–Crippen MR) is 126 cm³/mol. The van der Waals surface area contributed by atoms with Gasteiger partial charge in [-0.3, -0.25) is 9.71 Å². The van der Waals surface area contributed by atoms with Crippen molar-refractivity contribution < 1.29 is 13.2 Å². The van der Waals surface area contributed by atoms with Gasteiger partial charge in [0.2, 0.25) is 0 Å². The first-order valence-corrected chi connectivity index (χ1v) is 11.3. The van der Waals surface area contributed by atoms with Crippen molar-refractivity contribution >= 4 is 15.7 Å². The Kier molecular flexibility index (Phi) is 6.20. The molecule has 0 fully saturated rings. The molecule has 1 N–H and O–H groups in total. The maximum Gasteiger partial charge on any atom is 0.261 e. The normalized spacial score (nSPS) is 10.7. The summed E-state index contributed by atoms with van der Waals surface area (Å²) in [6.07, 6.45) is 3.33. The number of benzene rings is 3. The fraction of sp³-hybridized carbons (Fsp3) is 0.0385. The first-order valence-electron chi connectivity index (χ1n) is 9.84. The molecule has 0 aliphatic carbocycles. The minimum Gasteiger partial charge on any atom is -0.496 e. The lowest BCUT2D eigenvalue weighted by Gasteiger charge is -2.12. The van der Waals surface area contributed by atoms with Crippen LogP contribution in [0.4, 0.5) is 5.69 Å². The Morgan fingerprint density at radius 3 is 2.50 bits per heavy atom. The zero-order valence-corrected chi connectivity index (χ0v) is 18.1. The van der Waals surface area contributed by atoms with Crippen LogP contribution in [0, 0.1) is 11.8 Å². The van der Waals surface area contributed by atoms with Gasteiger partial charge in [0, 0.05) is 29.1 Å². The van der Waals surface area contributed by atoms with E-state index in [1.165, 1.54) is 0 Å². The van der Waals surface area contributed by atoms with E-state index in [4.69, 9.17) is 4.74 Å². The van der Waals surface area contributed by atoms with Crippen LogP contribution in [0.15, 0.2) is 102 Å². The average Bonchev–Trinajstić information content (AvgIpc) is 2.84. The van der Waals surface area contributed by atoms with Crippen LogP contribution in [0.2, 0.25) is 0 Å². The highest BCUT2D eigenvalue weighted by atomic mass is 32.2. The Bertz CT molecular complexity index is 1410. The van der Waals surface area contributed by atoms with Gasteiger partial charge in [0.05, 0.1) is 17.7 Å². The third-order valence-corrected chi connectivity index (χ3v) is 6.10. The van der Waals surface area contributed by atoms with Crippen LogP contribution in [0.5, 0.6) is 5.75 Å². The fourth-order valence-electron chi connectivity index (χ4n) is 3.17. The van der Waals surface area contributed by atoms with Gasteiger partial charge in [0.1, 0.15) is 5.75 Å². The van der Waals surface area contributed by atoms with Crippen molar-refractivity contribution in [3.8, 4) is 28.7 Å². The van der Waals surface area contributed by atoms with Gasteiger partial charge in [-0.2, -0.15) is 0 Å². The summed E-state index contributed by atoms with van der Waals surface area (Å²) in [7, 11) is -2.25. The summed E-state index contributed by atoms with van der Waals surface area (Å²) in [6.45, 7) is 0. The van der Waals surface area contributed by atoms with Crippen molar-refractivity contribution in [2.75, 3.05) is 11.8 Å². The molecule has 0 saturated heterocycles. The van der Waals surface area contributed by atoms with E-state index in [0.29, 0.717) is 17.0 Å². The highest BCUT2D eigenvalue weighted by molar-refractivity contribution is 7.92. The highest BCUT2D eigenvalue weighted by Gasteiger charge is 2.17. The van der Waals surface area contributed by atoms with Gasteiger partial charge in [-0.25, -0.2) is 8.42 Å². The van der Waals surface area contributed by atoms with Crippen molar-refractivity contribution in [2.45, 2.75) is 4.90 Å². The minimum absolute atomic E-state index is 0.149. The number of ether oxygens (including phenoxy) is 1. The van der Waals surface area contributed by atoms with E-state index in [-0.39, 0.29) is 4.90 Å². The van der Waals surface area contributed by atoms with Crippen molar-refractivity contribution in [2.24, 2.45) is 0 Å². The number of methoxy groups -OCH3 is 1. The topological polar surface area (TPSA) is 68.3 Å². The second-order valence-corrected chi connectivity index (χ2v) is 8.55. The molecule has 0 amide bonds. The monoisotopic (exact) mass is 440 g/mol. The second kappa shape index (κ2) is 9.38. The first kappa shape index (κ1) is 21.2. The molecule has 0 unspecified atom stereocenters. The molecule has 0 aliphatic rings. The van der Waals surface area contributed by atoms with Crippen molar-refractivity contribution in [1.29, 1.82) is 0 Å². The summed E-state index contributed by atoms with van der Waals surface area (Å²) in [5, 5.41) is 0. The third kappa shape index (κ3) is 4.80. The molecule has 1 aromatic heterocycles. The van der Waals surface area contributed by atoms with Crippen molar-refractivity contribution in [3.05, 3.63) is 108 Å². The Labute approximate surface area is 187 Å². The lowest BCUT2D eigenvalue weighted by molar-refractivity contribution is 0.416. The quantitative estimate of drug-likeness (QED) is 0.446. The SMILES string of the molecule is COc1ccccc1-c1cccc(S(=O)(=O)Nc2ccccc2C#Cc2cccnc2)c1. The van der Waals surface area contributed by atoms with Crippen LogP contribution in [-0.2, 0) is 10.0 Å². The summed E-state index contributed by atoms with van der Waals surface area (Å²) in [6, 6.07) is 24.9. The standard InChI is InChI=1S/C26H20N2O3S/c1-31-26-14-5-3-12-24(26)22-10-6-11-23(18-22)32(29,30)28-25-13-4-2-9-21(25)16-15-20-8-7-17-27-19-20/h2-14,17-19,28H,1H3. The van der Waals surface area contributed by atoms with Crippen LogP contribution in [-0.4, -0.2) is 20.5 Å². The Morgan fingerprint density at radius 1 is 0.875 bits per heavy atom. The molecule has 32 heavy (non-hydrogen) atoms. The number of hydrogen-bond acceptors (Lipinski definition) is 4. The number of anilines is 1. The molecule has 0 saturated carbocycles. The first-order chi connectivity index (χ1) is 15.6. The largest absolute Gasteiger partial charge is 0.496 e. The molecular weight excluding hydrogens is 420 g/mol. The van der Waals surface area contributed by atoms with Gasteiger partial charge in [-0.1, -0.05) is 54.3 Å². The zero-order valence-electron chi connectivity index (χ0n) is 17.3. The molecule has 0 bridgehead atoms. The van der Waals surface area contributed by atoms with E-state index in [2.05, 4.69) is 21.5 Å². The summed E-state index contributed by atoms with van der Waals surface area (Å²) >= 11 is 0. The summed E-state index contributed by atoms with van der Waals surface area (Å²) < 4.78 is 34.4. The highest BCUT2D eigenvalue weighted by Crippen LogP contribution is 2.31. The summed E-state index contributed by atoms with van der Waals surface area (Å²) in [4.78, 5) is 4.19. The average molecular weight is 441 g/mol. The van der Waals surface area contributed by atoms with Gasteiger partial charge in [0.25, 0.3) is 10.0 Å². The zero-order chi connectivity index (χ0) is 22.4. The molecular formula is C26H20N2O3S. The molecule has 0 spiro atoms. The molecule has 158 valence electrons. The van der Waals surface area contributed by atoms with Crippen LogP contribution in [0.25, 0.3) is 11.1 Å². The van der Waals surface area contributed by atoms with Crippen molar-refractivity contribution in [1.82, 2.24) is 4.98 Å². The predicted octanol–water partition coefficient (Wildman–Crippen LogP) is 4.96. The van der Waals surface area contributed by atoms with Crippen LogP contribution in [0.3, 0.4) is 0 Å². The molecule has 4 aromatic rings. The smallest absolute Gasteiger partial charge is 0.261 e. The molecule has 1 heterocycles. The van der Waals surface area contributed by atoms with E-state index in [9.17, 15) is 8.42 Å². The van der Waals surface area contributed by atoms with Gasteiger partial charge in [-0.05, 0) is 48.0 Å². The lowest BCUT2D eigenvalue weighted by atomic mass is 10.1. The van der Waals surface area contributed by atoms with E-state index in [0.717, 1.165) is 16.7 Å². The van der Waals surface area contributed by atoms with Crippen LogP contribution < -0.4 is 9.46 Å². The van der Waals surface area contributed by atoms with E-state index in [1.807, 2.05) is 42.5 Å². The second-order valence-electron chi connectivity index (χ2n) is 6.87. The van der Waals surface area contributed by atoms with E-state index < -0.39 is 10.0 Å². The van der Waals surface area contributed by atoms with Crippen LogP contribution >= 0.6 is 0 Å². The Balaban J connectivity index is 1.66. The van der Waals surface area contributed by atoms with E-state index >= 15 is 0 Å². The number of rotatable bonds is 5. The molecule has 4 rings (SSSR count). The number of aromatic nitrogens is 1. The van der Waals surface area contributed by atoms with Gasteiger partial charge in [0.15, 0.2) is 0 Å². The number of nitrogens with zero attached hydrogens (tertiary/aromatic N) is 1. The molecule has 0 aliphatic heterocycles. The maximum atomic E-state index is 13.2. The number of para-hydroxylation sites is 2. The van der Waals surface area contributed by atoms with Crippen LogP contribution in [0.1, 0.15) is 11.1 Å². The van der Waals surface area contributed by atoms with Gasteiger partial charge < -0.3 is 4.74 Å². The summed E-state index contributed by atoms with van der Waals surface area (Å²) in [5.41, 5.74) is 3.28. The molecule has 5 nitrogen and oxygen atoms in total. The lowest BCUT2D eigenvalue weighted by Crippen LogP contribution is -2.14. The van der Waals surface area contributed by atoms with Crippen molar-refractivity contribution in [3.63, 3.8) is 0 Å². The maximum absolute atomic E-state index is 13.2. The number of nitrogens with one attached hydrogen (secondary N) is 1. The number of sulfonamides is 1. The molecule has 3 aromatic carbocycles. The Morgan fingerprint density at radius 2 is 1.69 bits per heavy atom. The fourth-order valence-corrected chi connectivity index (χ4v) is 4.30. The van der Waals surface area contributed by atoms with Gasteiger partial charge in [-0.15, -0.1) is 0 Å². The number of hydrogen-bond donors (Lipinski definition) is 1. The molecule has 6 heteroatoms. The number of pyridine rings is 1. The van der Waals surface area contributed by atoms with Gasteiger partial charge >= 0.3 is 0 Å². The molecule has 0 atom stereocenters. The minimum atomic E-state index is -3.84.